The average molecular weight is 389 g/mol. The Morgan fingerprint density at radius 1 is 1.29 bits per heavy atom. The van der Waals surface area contributed by atoms with Gasteiger partial charge in [-0.05, 0) is 32.4 Å². The summed E-state index contributed by atoms with van der Waals surface area (Å²) in [6.45, 7) is 4.19. The Kier molecular flexibility index (Phi) is 6.73. The van der Waals surface area contributed by atoms with Crippen LogP contribution in [0.3, 0.4) is 0 Å². The van der Waals surface area contributed by atoms with Crippen molar-refractivity contribution in [3.63, 3.8) is 0 Å². The summed E-state index contributed by atoms with van der Waals surface area (Å²) in [6.07, 6.45) is 4.99. The molecule has 3 rings (SSSR count). The smallest absolute Gasteiger partial charge is 0.317 e. The van der Waals surface area contributed by atoms with Gasteiger partial charge in [-0.2, -0.15) is 0 Å². The van der Waals surface area contributed by atoms with Gasteiger partial charge in [0.1, 0.15) is 0 Å². The molecule has 1 saturated carbocycles. The third kappa shape index (κ3) is 4.73. The highest BCUT2D eigenvalue weighted by atomic mass is 16.5. The summed E-state index contributed by atoms with van der Waals surface area (Å²) in [5, 5.41) is 8.96. The molecule has 1 aliphatic heterocycles. The first-order valence-electron chi connectivity index (χ1n) is 10.3. The zero-order valence-electron chi connectivity index (χ0n) is 17.0. The van der Waals surface area contributed by atoms with Crippen LogP contribution in [-0.2, 0) is 19.7 Å². The van der Waals surface area contributed by atoms with E-state index in [9.17, 15) is 9.59 Å². The van der Waals surface area contributed by atoms with E-state index in [4.69, 9.17) is 9.84 Å². The van der Waals surface area contributed by atoms with Crippen molar-refractivity contribution in [1.29, 1.82) is 0 Å². The van der Waals surface area contributed by atoms with E-state index in [0.29, 0.717) is 26.2 Å². The Balaban J connectivity index is 1.76. The number of morpholine rings is 1. The predicted octanol–water partition coefficient (Wildman–Crippen LogP) is 2.44. The van der Waals surface area contributed by atoms with Gasteiger partial charge in [-0.1, -0.05) is 49.1 Å². The summed E-state index contributed by atoms with van der Waals surface area (Å²) in [5.74, 6) is -0.640. The number of carboxylic acids is 1. The van der Waals surface area contributed by atoms with Gasteiger partial charge in [0.2, 0.25) is 5.91 Å². The van der Waals surface area contributed by atoms with E-state index < -0.39 is 11.4 Å². The number of carboxylic acid groups (broad SMARTS) is 1. The predicted molar refractivity (Wildman–Crippen MR) is 107 cm³/mol. The van der Waals surface area contributed by atoms with Gasteiger partial charge in [0, 0.05) is 19.6 Å². The summed E-state index contributed by atoms with van der Waals surface area (Å²) in [7, 11) is 1.77. The standard InChI is InChI=1S/C22H32N2O4/c1-17-7-6-8-18(13-17)22(9-4-3-5-10-22)21(27)24-11-12-28-19(15-24)14-23(2)16-20(25)26/h6-8,13,19H,3-5,9-12,14-16H2,1-2H3,(H,25,26). The van der Waals surface area contributed by atoms with Gasteiger partial charge in [-0.15, -0.1) is 0 Å². The molecule has 0 bridgehead atoms. The van der Waals surface area contributed by atoms with Gasteiger partial charge in [0.05, 0.1) is 24.7 Å². The molecule has 1 atom stereocenters. The number of ether oxygens (including phenoxy) is 1. The van der Waals surface area contributed by atoms with Crippen molar-refractivity contribution in [1.82, 2.24) is 9.80 Å². The number of carbonyl (C=O) groups excluding carboxylic acids is 1. The van der Waals surface area contributed by atoms with Crippen molar-refractivity contribution in [2.24, 2.45) is 0 Å². The molecule has 0 radical (unpaired) electrons. The fraction of sp³-hybridized carbons (Fsp3) is 0.636. The highest BCUT2D eigenvalue weighted by molar-refractivity contribution is 5.88. The molecule has 1 unspecified atom stereocenters. The Morgan fingerprint density at radius 2 is 2.04 bits per heavy atom. The number of amides is 1. The molecule has 1 aromatic rings. The quantitative estimate of drug-likeness (QED) is 0.811. The van der Waals surface area contributed by atoms with Crippen molar-refractivity contribution in [2.75, 3.05) is 39.8 Å². The average Bonchev–Trinajstić information content (AvgIpc) is 2.67. The van der Waals surface area contributed by atoms with E-state index in [1.54, 1.807) is 11.9 Å². The molecule has 1 heterocycles. The van der Waals surface area contributed by atoms with Crippen molar-refractivity contribution in [3.05, 3.63) is 35.4 Å². The first-order valence-corrected chi connectivity index (χ1v) is 10.3. The maximum absolute atomic E-state index is 13.8. The summed E-state index contributed by atoms with van der Waals surface area (Å²) < 4.78 is 5.83. The lowest BCUT2D eigenvalue weighted by atomic mass is 9.68. The van der Waals surface area contributed by atoms with Crippen LogP contribution in [0.2, 0.25) is 0 Å². The number of nitrogens with zero attached hydrogens (tertiary/aromatic N) is 2. The third-order valence-electron chi connectivity index (χ3n) is 6.03. The minimum absolute atomic E-state index is 0.0267. The largest absolute Gasteiger partial charge is 0.480 e. The third-order valence-corrected chi connectivity index (χ3v) is 6.03. The molecule has 28 heavy (non-hydrogen) atoms. The van der Waals surface area contributed by atoms with E-state index in [0.717, 1.165) is 31.2 Å². The molecule has 1 aliphatic carbocycles. The second-order valence-electron chi connectivity index (χ2n) is 8.35. The summed E-state index contributed by atoms with van der Waals surface area (Å²) in [4.78, 5) is 28.4. The summed E-state index contributed by atoms with van der Waals surface area (Å²) in [5.41, 5.74) is 1.90. The van der Waals surface area contributed by atoms with E-state index >= 15 is 0 Å². The zero-order chi connectivity index (χ0) is 20.1. The van der Waals surface area contributed by atoms with E-state index in [-0.39, 0.29) is 18.6 Å². The lowest BCUT2D eigenvalue weighted by Crippen LogP contribution is -2.55. The van der Waals surface area contributed by atoms with Crippen molar-refractivity contribution in [3.8, 4) is 0 Å². The van der Waals surface area contributed by atoms with Gasteiger partial charge < -0.3 is 14.7 Å². The summed E-state index contributed by atoms with van der Waals surface area (Å²) in [6, 6.07) is 8.40. The van der Waals surface area contributed by atoms with Crippen LogP contribution in [-0.4, -0.2) is 72.7 Å². The first kappa shape index (κ1) is 20.8. The minimum atomic E-state index is -0.855. The topological polar surface area (TPSA) is 70.1 Å². The molecular weight excluding hydrogens is 356 g/mol. The molecule has 2 fully saturated rings. The zero-order valence-corrected chi connectivity index (χ0v) is 17.0. The Labute approximate surface area is 167 Å². The first-order chi connectivity index (χ1) is 13.4. The second kappa shape index (κ2) is 9.05. The van der Waals surface area contributed by atoms with Crippen LogP contribution in [0.15, 0.2) is 24.3 Å². The maximum atomic E-state index is 13.8. The van der Waals surface area contributed by atoms with Crippen LogP contribution >= 0.6 is 0 Å². The number of carbonyl (C=O) groups is 2. The van der Waals surface area contributed by atoms with Crippen LogP contribution in [0.1, 0.15) is 43.2 Å². The van der Waals surface area contributed by atoms with E-state index in [1.807, 2.05) is 4.90 Å². The fourth-order valence-electron chi connectivity index (χ4n) is 4.68. The van der Waals surface area contributed by atoms with Crippen LogP contribution < -0.4 is 0 Å². The van der Waals surface area contributed by atoms with Gasteiger partial charge in [0.15, 0.2) is 0 Å². The highest BCUT2D eigenvalue weighted by Gasteiger charge is 2.44. The fourth-order valence-corrected chi connectivity index (χ4v) is 4.68. The molecule has 1 amide bonds. The normalized spacial score (nSPS) is 22.2. The molecule has 6 nitrogen and oxygen atoms in total. The van der Waals surface area contributed by atoms with Crippen molar-refractivity contribution >= 4 is 11.9 Å². The van der Waals surface area contributed by atoms with Gasteiger partial charge in [0.25, 0.3) is 0 Å². The number of hydrogen-bond donors (Lipinski definition) is 1. The lowest BCUT2D eigenvalue weighted by molar-refractivity contribution is -0.148. The van der Waals surface area contributed by atoms with Crippen LogP contribution in [0.25, 0.3) is 0 Å². The van der Waals surface area contributed by atoms with Gasteiger partial charge >= 0.3 is 5.97 Å². The Hall–Kier alpha value is -1.92. The number of aliphatic carboxylic acids is 1. The van der Waals surface area contributed by atoms with Crippen LogP contribution in [0.5, 0.6) is 0 Å². The minimum Gasteiger partial charge on any atom is -0.480 e. The van der Waals surface area contributed by atoms with E-state index in [1.165, 1.54) is 12.0 Å². The maximum Gasteiger partial charge on any atom is 0.317 e. The Bertz CT molecular complexity index is 700. The number of likely N-dealkylation sites (N-methyl/N-ethyl adjacent to an activating group) is 1. The molecule has 6 heteroatoms. The number of hydrogen-bond acceptors (Lipinski definition) is 4. The molecule has 1 N–H and O–H groups in total. The SMILES string of the molecule is Cc1cccc(C2(C(=O)N3CCOC(CN(C)CC(=O)O)C3)CCCCC2)c1. The molecule has 0 spiro atoms. The molecular formula is C22H32N2O4. The molecule has 1 aromatic carbocycles. The molecule has 154 valence electrons. The lowest BCUT2D eigenvalue weighted by Gasteiger charge is -2.43. The monoisotopic (exact) mass is 388 g/mol. The van der Waals surface area contributed by atoms with Gasteiger partial charge in [-0.3, -0.25) is 14.5 Å². The number of benzene rings is 1. The molecule has 1 saturated heterocycles. The molecule has 0 aromatic heterocycles. The number of rotatable bonds is 6. The Morgan fingerprint density at radius 3 is 2.71 bits per heavy atom. The van der Waals surface area contributed by atoms with Crippen LogP contribution in [0, 0.1) is 6.92 Å². The second-order valence-corrected chi connectivity index (χ2v) is 8.35. The van der Waals surface area contributed by atoms with Crippen molar-refractivity contribution in [2.45, 2.75) is 50.5 Å². The summed E-state index contributed by atoms with van der Waals surface area (Å²) >= 11 is 0. The highest BCUT2D eigenvalue weighted by Crippen LogP contribution is 2.41. The van der Waals surface area contributed by atoms with E-state index in [2.05, 4.69) is 31.2 Å². The molecule has 2 aliphatic rings. The van der Waals surface area contributed by atoms with Crippen molar-refractivity contribution < 1.29 is 19.4 Å². The van der Waals surface area contributed by atoms with Gasteiger partial charge in [-0.25, -0.2) is 0 Å². The van der Waals surface area contributed by atoms with Crippen LogP contribution in [0.4, 0.5) is 0 Å². The number of aryl methyl sites for hydroxylation is 1.